The minimum Gasteiger partial charge on any atom is -0.0874 e. The summed E-state index contributed by atoms with van der Waals surface area (Å²) in [6, 6.07) is 33.1. The fraction of sp³-hybridized carbons (Fsp3) is 0.423. The monoisotopic (exact) mass is 705 g/mol. The highest BCUT2D eigenvalue weighted by Crippen LogP contribution is 2.29. The summed E-state index contributed by atoms with van der Waals surface area (Å²) in [5.41, 5.74) is 18.2. The van der Waals surface area contributed by atoms with Crippen LogP contribution in [0.15, 0.2) is 120 Å². The number of allylic oxidation sites excluding steroid dienone is 6. The lowest BCUT2D eigenvalue weighted by molar-refractivity contribution is 0.589. The van der Waals surface area contributed by atoms with Crippen molar-refractivity contribution in [3.8, 4) is 0 Å². The topological polar surface area (TPSA) is 0 Å². The molecule has 280 valence electrons. The van der Waals surface area contributed by atoms with Crippen molar-refractivity contribution in [1.82, 2.24) is 0 Å². The maximum Gasteiger partial charge on any atom is 0.238 e. The van der Waals surface area contributed by atoms with Gasteiger partial charge in [-0.15, -0.1) is 0 Å². The van der Waals surface area contributed by atoms with Crippen molar-refractivity contribution in [2.24, 2.45) is 0 Å². The van der Waals surface area contributed by atoms with Crippen LogP contribution >= 0.6 is 0 Å². The second kappa shape index (κ2) is 16.3. The molecule has 4 aromatic carbocycles. The van der Waals surface area contributed by atoms with E-state index in [1.54, 1.807) is 0 Å². The first-order valence-electron chi connectivity index (χ1n) is 19.9. The zero-order chi connectivity index (χ0) is 39.5. The zero-order valence-electron chi connectivity index (χ0n) is 36.3. The van der Waals surface area contributed by atoms with Crippen molar-refractivity contribution in [1.29, 1.82) is 0 Å². The Kier molecular flexibility index (Phi) is 12.9. The Morgan fingerprint density at radius 3 is 1.23 bits per heavy atom. The van der Waals surface area contributed by atoms with Crippen molar-refractivity contribution in [2.45, 2.75) is 145 Å². The minimum absolute atomic E-state index is 0.0402. The summed E-state index contributed by atoms with van der Waals surface area (Å²) in [6.45, 7) is 37.0. The van der Waals surface area contributed by atoms with E-state index in [2.05, 4.69) is 214 Å². The van der Waals surface area contributed by atoms with Gasteiger partial charge in [-0.05, 0) is 101 Å². The van der Waals surface area contributed by atoms with Gasteiger partial charge in [0.1, 0.15) is 0 Å². The summed E-state index contributed by atoms with van der Waals surface area (Å²) in [7, 11) is 0. The second-order valence-electron chi connectivity index (χ2n) is 19.8. The van der Waals surface area contributed by atoms with Gasteiger partial charge in [0, 0.05) is 0 Å². The molecule has 0 aliphatic rings. The van der Waals surface area contributed by atoms with E-state index >= 15 is 0 Å². The molecule has 1 heteroatoms. The van der Waals surface area contributed by atoms with E-state index < -0.39 is 0 Å². The smallest absolute Gasteiger partial charge is 0.0874 e. The number of hydrogen-bond donors (Lipinski definition) is 0. The first kappa shape index (κ1) is 41.9. The van der Waals surface area contributed by atoms with Crippen molar-refractivity contribution in [3.63, 3.8) is 0 Å². The van der Waals surface area contributed by atoms with E-state index in [9.17, 15) is 0 Å². The molecule has 0 spiro atoms. The van der Waals surface area contributed by atoms with Gasteiger partial charge in [0.25, 0.3) is 0 Å². The molecular formula is C52H69B. The summed E-state index contributed by atoms with van der Waals surface area (Å²) in [5.74, 6) is 0. The first-order valence-corrected chi connectivity index (χ1v) is 19.9. The van der Waals surface area contributed by atoms with Crippen LogP contribution in [0, 0.1) is 13.8 Å². The molecule has 0 N–H and O–H groups in total. The third-order valence-corrected chi connectivity index (χ3v) is 11.0. The van der Waals surface area contributed by atoms with Gasteiger partial charge >= 0.3 is 0 Å². The Morgan fingerprint density at radius 1 is 0.509 bits per heavy atom. The van der Waals surface area contributed by atoms with Crippen LogP contribution in [0.25, 0.3) is 0 Å². The molecule has 4 aromatic rings. The lowest BCUT2D eigenvalue weighted by Gasteiger charge is -2.29. The van der Waals surface area contributed by atoms with Crippen molar-refractivity contribution >= 4 is 17.6 Å². The summed E-state index contributed by atoms with van der Waals surface area (Å²) in [4.78, 5) is 0. The van der Waals surface area contributed by atoms with Crippen molar-refractivity contribution < 1.29 is 0 Å². The average molecular weight is 705 g/mol. The van der Waals surface area contributed by atoms with Gasteiger partial charge in [0.2, 0.25) is 6.71 Å². The fourth-order valence-electron chi connectivity index (χ4n) is 7.29. The largest absolute Gasteiger partial charge is 0.238 e. The van der Waals surface area contributed by atoms with Crippen LogP contribution in [0.4, 0.5) is 0 Å². The maximum absolute atomic E-state index is 2.52. The Hall–Kier alpha value is -3.84. The molecular weight excluding hydrogens is 635 g/mol. The Labute approximate surface area is 326 Å². The van der Waals surface area contributed by atoms with Crippen LogP contribution in [0.2, 0.25) is 0 Å². The first-order chi connectivity index (χ1) is 24.5. The zero-order valence-corrected chi connectivity index (χ0v) is 36.3. The van der Waals surface area contributed by atoms with Gasteiger partial charge in [0.15, 0.2) is 0 Å². The molecule has 4 rings (SSSR count). The minimum atomic E-state index is 0.0402. The van der Waals surface area contributed by atoms with Gasteiger partial charge in [-0.1, -0.05) is 219 Å². The van der Waals surface area contributed by atoms with Crippen LogP contribution < -0.4 is 10.9 Å². The Morgan fingerprint density at radius 2 is 0.868 bits per heavy atom. The molecule has 0 aromatic heterocycles. The molecule has 0 saturated heterocycles. The van der Waals surface area contributed by atoms with Crippen molar-refractivity contribution in [2.75, 3.05) is 0 Å². The summed E-state index contributed by atoms with van der Waals surface area (Å²) in [5, 5.41) is 0. The van der Waals surface area contributed by atoms with Crippen LogP contribution in [0.3, 0.4) is 0 Å². The lowest BCUT2D eigenvalue weighted by atomic mass is 9.33. The third-order valence-electron chi connectivity index (χ3n) is 11.0. The third kappa shape index (κ3) is 10.9. The van der Waals surface area contributed by atoms with Crippen LogP contribution in [-0.2, 0) is 34.5 Å². The van der Waals surface area contributed by atoms with Crippen LogP contribution in [-0.4, -0.2) is 6.71 Å². The van der Waals surface area contributed by atoms with Crippen LogP contribution in [0.1, 0.15) is 141 Å². The van der Waals surface area contributed by atoms with Gasteiger partial charge in [-0.3, -0.25) is 0 Å². The number of benzene rings is 4. The van der Waals surface area contributed by atoms with E-state index in [1.165, 1.54) is 72.1 Å². The number of aryl methyl sites for hydroxylation is 2. The highest BCUT2D eigenvalue weighted by molar-refractivity contribution is 6.91. The standard InChI is InChI=1S/C52H69B/c1-17-18-41(32-39-21-27-42(28-22-39)49(5,6)7)31-38(4)46(33-40-23-29-43(30-24-40)50(8,9)10)53(47-34-44(51(11,12)13)25-19-36(47)2)48-35-45(52(14,15)16)26-20-37(48)3/h17-31,34-35H,32-33H2,1-16H3/b18-17+,41-31+,46-38+. The van der Waals surface area contributed by atoms with E-state index in [1.807, 2.05) is 0 Å². The Bertz CT molecular complexity index is 1880. The van der Waals surface area contributed by atoms with Crippen LogP contribution in [0.5, 0.6) is 0 Å². The quantitative estimate of drug-likeness (QED) is 0.120. The van der Waals surface area contributed by atoms with Crippen molar-refractivity contribution in [3.05, 3.63) is 164 Å². The molecule has 0 atom stereocenters. The molecule has 0 amide bonds. The lowest BCUT2D eigenvalue weighted by Crippen LogP contribution is -2.48. The number of rotatable bonds is 9. The van der Waals surface area contributed by atoms with Gasteiger partial charge in [0.05, 0.1) is 0 Å². The predicted molar refractivity (Wildman–Crippen MR) is 238 cm³/mol. The predicted octanol–water partition coefficient (Wildman–Crippen LogP) is 12.9. The summed E-state index contributed by atoms with van der Waals surface area (Å²) < 4.78 is 0. The molecule has 0 fully saturated rings. The molecule has 0 bridgehead atoms. The van der Waals surface area contributed by atoms with E-state index in [4.69, 9.17) is 0 Å². The normalized spacial score (nSPS) is 13.8. The average Bonchev–Trinajstić information content (AvgIpc) is 3.04. The molecule has 0 saturated carbocycles. The second-order valence-corrected chi connectivity index (χ2v) is 19.8. The molecule has 53 heavy (non-hydrogen) atoms. The molecule has 0 unspecified atom stereocenters. The summed E-state index contributed by atoms with van der Waals surface area (Å²) in [6.07, 6.45) is 8.75. The molecule has 0 radical (unpaired) electrons. The summed E-state index contributed by atoms with van der Waals surface area (Å²) >= 11 is 0. The van der Waals surface area contributed by atoms with Gasteiger partial charge < -0.3 is 0 Å². The van der Waals surface area contributed by atoms with Gasteiger partial charge in [-0.25, -0.2) is 0 Å². The van der Waals surface area contributed by atoms with E-state index in [0.717, 1.165) is 12.8 Å². The highest BCUT2D eigenvalue weighted by Gasteiger charge is 2.31. The number of hydrogen-bond acceptors (Lipinski definition) is 0. The molecule has 0 heterocycles. The molecule has 0 aliphatic carbocycles. The Balaban J connectivity index is 2.05. The highest BCUT2D eigenvalue weighted by atomic mass is 14.2. The van der Waals surface area contributed by atoms with Gasteiger partial charge in [-0.2, -0.15) is 0 Å². The van der Waals surface area contributed by atoms with E-state index in [0.29, 0.717) is 0 Å². The molecule has 0 aliphatic heterocycles. The molecule has 0 nitrogen and oxygen atoms in total. The fourth-order valence-corrected chi connectivity index (χ4v) is 7.29. The maximum atomic E-state index is 2.52. The van der Waals surface area contributed by atoms with E-state index in [-0.39, 0.29) is 28.4 Å². The SMILES string of the molecule is C/C=C/C(=C\C(C)=C(/Cc1ccc(C(C)(C)C)cc1)B(c1cc(C(C)(C)C)ccc1C)c1cc(C(C)(C)C)ccc1C)Cc1ccc(C(C)(C)C)cc1.